The van der Waals surface area contributed by atoms with Crippen molar-refractivity contribution in [2.45, 2.75) is 26.4 Å². The second-order valence-corrected chi connectivity index (χ2v) is 5.23. The molecule has 1 atom stereocenters. The van der Waals surface area contributed by atoms with Gasteiger partial charge in [0, 0.05) is 0 Å². The molecule has 2 amide bonds. The average molecular weight is 312 g/mol. The molecule has 2 aromatic rings. The van der Waals surface area contributed by atoms with Crippen LogP contribution in [0, 0.1) is 6.92 Å². The van der Waals surface area contributed by atoms with Gasteiger partial charge in [-0.15, -0.1) is 0 Å². The first kappa shape index (κ1) is 16.5. The number of rotatable bonds is 5. The third kappa shape index (κ3) is 5.14. The van der Waals surface area contributed by atoms with Crippen molar-refractivity contribution in [3.05, 3.63) is 65.7 Å². The first-order valence-corrected chi connectivity index (χ1v) is 7.41. The van der Waals surface area contributed by atoms with Crippen molar-refractivity contribution in [3.63, 3.8) is 0 Å². The number of hydrazine groups is 1. The topological polar surface area (TPSA) is 67.4 Å². The summed E-state index contributed by atoms with van der Waals surface area (Å²) in [6.07, 6.45) is -0.512. The fourth-order valence-electron chi connectivity index (χ4n) is 1.99. The molecule has 0 radical (unpaired) electrons. The van der Waals surface area contributed by atoms with E-state index in [1.807, 2.05) is 55.5 Å². The highest BCUT2D eigenvalue weighted by Crippen LogP contribution is 2.17. The molecule has 0 aliphatic carbocycles. The van der Waals surface area contributed by atoms with Crippen molar-refractivity contribution in [2.24, 2.45) is 0 Å². The molecule has 23 heavy (non-hydrogen) atoms. The molecule has 0 saturated heterocycles. The van der Waals surface area contributed by atoms with Crippen molar-refractivity contribution in [1.82, 2.24) is 10.9 Å². The van der Waals surface area contributed by atoms with Crippen LogP contribution in [-0.2, 0) is 16.0 Å². The zero-order valence-electron chi connectivity index (χ0n) is 13.2. The maximum Gasteiger partial charge on any atom is 0.279 e. The van der Waals surface area contributed by atoms with Gasteiger partial charge >= 0.3 is 0 Å². The normalized spacial score (nSPS) is 11.4. The van der Waals surface area contributed by atoms with Gasteiger partial charge in [-0.25, -0.2) is 0 Å². The summed E-state index contributed by atoms with van der Waals surface area (Å²) in [7, 11) is 0. The van der Waals surface area contributed by atoms with Crippen LogP contribution in [0.3, 0.4) is 0 Å². The Kier molecular flexibility index (Phi) is 5.74. The summed E-state index contributed by atoms with van der Waals surface area (Å²) in [6.45, 7) is 3.53. The van der Waals surface area contributed by atoms with Crippen molar-refractivity contribution < 1.29 is 14.3 Å². The summed E-state index contributed by atoms with van der Waals surface area (Å²) in [5.41, 5.74) is 6.60. The minimum absolute atomic E-state index is 0.203. The molecule has 0 bridgehead atoms. The van der Waals surface area contributed by atoms with Crippen molar-refractivity contribution in [1.29, 1.82) is 0 Å². The fraction of sp³-hybridized carbons (Fsp3) is 0.222. The SMILES string of the molecule is Cc1ccccc1OC(C)C(=O)NNC(=O)Cc1ccccc1. The highest BCUT2D eigenvalue weighted by molar-refractivity contribution is 5.85. The third-order valence-corrected chi connectivity index (χ3v) is 3.30. The molecule has 0 spiro atoms. The Labute approximate surface area is 135 Å². The van der Waals surface area contributed by atoms with E-state index in [1.54, 1.807) is 13.0 Å². The molecule has 5 heteroatoms. The van der Waals surface area contributed by atoms with Crippen LogP contribution in [0.4, 0.5) is 0 Å². The van der Waals surface area contributed by atoms with Gasteiger partial charge in [-0.3, -0.25) is 20.4 Å². The monoisotopic (exact) mass is 312 g/mol. The second-order valence-electron chi connectivity index (χ2n) is 5.23. The standard InChI is InChI=1S/C18H20N2O3/c1-13-8-6-7-11-16(13)23-14(2)18(22)20-19-17(21)12-15-9-4-3-5-10-15/h3-11,14H,12H2,1-2H3,(H,19,21)(H,20,22). The number of hydrogen-bond acceptors (Lipinski definition) is 3. The Morgan fingerprint density at radius 3 is 2.35 bits per heavy atom. The van der Waals surface area contributed by atoms with E-state index in [-0.39, 0.29) is 12.3 Å². The molecular formula is C18H20N2O3. The van der Waals surface area contributed by atoms with Gasteiger partial charge in [-0.2, -0.15) is 0 Å². The lowest BCUT2D eigenvalue weighted by atomic mass is 10.1. The van der Waals surface area contributed by atoms with Gasteiger partial charge in [-0.05, 0) is 31.0 Å². The van der Waals surface area contributed by atoms with E-state index < -0.39 is 12.0 Å². The lowest BCUT2D eigenvalue weighted by molar-refractivity contribution is -0.132. The van der Waals surface area contributed by atoms with E-state index in [0.29, 0.717) is 5.75 Å². The van der Waals surface area contributed by atoms with E-state index in [0.717, 1.165) is 11.1 Å². The molecule has 1 unspecified atom stereocenters. The average Bonchev–Trinajstić information content (AvgIpc) is 2.55. The van der Waals surface area contributed by atoms with Gasteiger partial charge in [0.25, 0.3) is 5.91 Å². The number of para-hydroxylation sites is 1. The highest BCUT2D eigenvalue weighted by atomic mass is 16.5. The Morgan fingerprint density at radius 2 is 1.65 bits per heavy atom. The van der Waals surface area contributed by atoms with E-state index in [9.17, 15) is 9.59 Å². The Bertz CT molecular complexity index is 671. The van der Waals surface area contributed by atoms with Gasteiger partial charge in [0.1, 0.15) is 5.75 Å². The van der Waals surface area contributed by atoms with Crippen LogP contribution < -0.4 is 15.6 Å². The number of carbonyl (C=O) groups excluding carboxylic acids is 2. The summed E-state index contributed by atoms with van der Waals surface area (Å²) >= 11 is 0. The molecule has 2 N–H and O–H groups in total. The maximum absolute atomic E-state index is 12.0. The van der Waals surface area contributed by atoms with E-state index in [1.165, 1.54) is 0 Å². The van der Waals surface area contributed by atoms with Crippen LogP contribution in [0.2, 0.25) is 0 Å². The summed E-state index contributed by atoms with van der Waals surface area (Å²) in [4.78, 5) is 23.8. The zero-order valence-corrected chi connectivity index (χ0v) is 13.2. The maximum atomic E-state index is 12.0. The molecular weight excluding hydrogens is 292 g/mol. The van der Waals surface area contributed by atoms with E-state index >= 15 is 0 Å². The first-order chi connectivity index (χ1) is 11.1. The predicted octanol–water partition coefficient (Wildman–Crippen LogP) is 2.15. The van der Waals surface area contributed by atoms with Gasteiger partial charge in [0.2, 0.25) is 5.91 Å². The molecule has 120 valence electrons. The third-order valence-electron chi connectivity index (χ3n) is 3.30. The van der Waals surface area contributed by atoms with Crippen LogP contribution in [0.5, 0.6) is 5.75 Å². The van der Waals surface area contributed by atoms with Crippen LogP contribution in [0.25, 0.3) is 0 Å². The van der Waals surface area contributed by atoms with E-state index in [2.05, 4.69) is 10.9 Å². The summed E-state index contributed by atoms with van der Waals surface area (Å²) in [6, 6.07) is 16.8. The number of hydrogen-bond donors (Lipinski definition) is 2. The number of benzene rings is 2. The van der Waals surface area contributed by atoms with E-state index in [4.69, 9.17) is 4.74 Å². The van der Waals surface area contributed by atoms with Crippen LogP contribution in [0.15, 0.2) is 54.6 Å². The summed E-state index contributed by atoms with van der Waals surface area (Å²) in [5.74, 6) is -0.0481. The van der Waals surface area contributed by atoms with Crippen LogP contribution in [-0.4, -0.2) is 17.9 Å². The van der Waals surface area contributed by atoms with Gasteiger partial charge in [-0.1, -0.05) is 48.5 Å². The van der Waals surface area contributed by atoms with Crippen molar-refractivity contribution in [2.75, 3.05) is 0 Å². The molecule has 0 aliphatic heterocycles. The Morgan fingerprint density at radius 1 is 1.00 bits per heavy atom. The highest BCUT2D eigenvalue weighted by Gasteiger charge is 2.16. The molecule has 2 aromatic carbocycles. The van der Waals surface area contributed by atoms with Crippen LogP contribution in [0.1, 0.15) is 18.1 Å². The molecule has 5 nitrogen and oxygen atoms in total. The summed E-state index contributed by atoms with van der Waals surface area (Å²) in [5, 5.41) is 0. The first-order valence-electron chi connectivity index (χ1n) is 7.41. The van der Waals surface area contributed by atoms with Gasteiger partial charge in [0.15, 0.2) is 6.10 Å². The lowest BCUT2D eigenvalue weighted by Gasteiger charge is -2.16. The summed E-state index contributed by atoms with van der Waals surface area (Å²) < 4.78 is 5.59. The molecule has 0 fully saturated rings. The predicted molar refractivity (Wildman–Crippen MR) is 87.7 cm³/mol. The second kappa shape index (κ2) is 7.98. The van der Waals surface area contributed by atoms with Crippen molar-refractivity contribution in [3.8, 4) is 5.75 Å². The smallest absolute Gasteiger partial charge is 0.279 e. The Balaban J connectivity index is 1.80. The zero-order chi connectivity index (χ0) is 16.7. The Hall–Kier alpha value is -2.82. The number of amides is 2. The van der Waals surface area contributed by atoms with Crippen molar-refractivity contribution >= 4 is 11.8 Å². The largest absolute Gasteiger partial charge is 0.481 e. The quantitative estimate of drug-likeness (QED) is 0.831. The molecule has 0 aromatic heterocycles. The molecule has 0 aliphatic rings. The minimum atomic E-state index is -0.715. The number of carbonyl (C=O) groups is 2. The molecule has 0 saturated carbocycles. The molecule has 0 heterocycles. The lowest BCUT2D eigenvalue weighted by Crippen LogP contribution is -2.47. The number of ether oxygens (including phenoxy) is 1. The fourth-order valence-corrected chi connectivity index (χ4v) is 1.99. The minimum Gasteiger partial charge on any atom is -0.481 e. The van der Waals surface area contributed by atoms with Gasteiger partial charge in [0.05, 0.1) is 6.42 Å². The van der Waals surface area contributed by atoms with Crippen LogP contribution >= 0.6 is 0 Å². The number of aryl methyl sites for hydroxylation is 1. The van der Waals surface area contributed by atoms with Gasteiger partial charge < -0.3 is 4.74 Å². The molecule has 2 rings (SSSR count). The number of nitrogens with one attached hydrogen (secondary N) is 2.